The fraction of sp³-hybridized carbons (Fsp3) is 0.400. The highest BCUT2D eigenvalue weighted by Gasteiger charge is 2.42. The third-order valence-corrected chi connectivity index (χ3v) is 4.19. The Balaban J connectivity index is 3.09. The Morgan fingerprint density at radius 3 is 2.39 bits per heavy atom. The molecule has 0 fully saturated rings. The lowest BCUT2D eigenvalue weighted by Gasteiger charge is -2.22. The number of amides is 1. The smallest absolute Gasteiger partial charge is 0.360 e. The van der Waals surface area contributed by atoms with Crippen LogP contribution in [0.1, 0.15) is 17.5 Å². The maximum absolute atomic E-state index is 12.2. The fourth-order valence-corrected chi connectivity index (χ4v) is 2.64. The molecule has 100 valence electrons. The first-order valence-corrected chi connectivity index (χ1v) is 6.62. The van der Waals surface area contributed by atoms with Gasteiger partial charge in [-0.15, -0.1) is 0 Å². The summed E-state index contributed by atoms with van der Waals surface area (Å²) in [6.07, 6.45) is 1.29. The quantitative estimate of drug-likeness (QED) is 0.623. The topological polar surface area (TPSA) is 94.8 Å². The van der Waals surface area contributed by atoms with Crippen LogP contribution in [-0.4, -0.2) is 31.7 Å². The fourth-order valence-electron chi connectivity index (χ4n) is 1.32. The first kappa shape index (κ1) is 14.6. The molecule has 7 nitrogen and oxygen atoms in total. The summed E-state index contributed by atoms with van der Waals surface area (Å²) in [5.41, 5.74) is 0. The van der Waals surface area contributed by atoms with Crippen molar-refractivity contribution < 1.29 is 27.6 Å². The van der Waals surface area contributed by atoms with E-state index in [4.69, 9.17) is 13.5 Å². The molecule has 1 heterocycles. The van der Waals surface area contributed by atoms with Crippen LogP contribution in [0.4, 0.5) is 0 Å². The maximum atomic E-state index is 12.2. The van der Waals surface area contributed by atoms with Gasteiger partial charge in [-0.2, -0.15) is 0 Å². The molecule has 1 rings (SSSR count). The Kier molecular flexibility index (Phi) is 4.84. The number of hydrogen-bond acceptors (Lipinski definition) is 6. The lowest BCUT2D eigenvalue weighted by atomic mass is 10.3. The van der Waals surface area contributed by atoms with Gasteiger partial charge in [0.15, 0.2) is 11.5 Å². The summed E-state index contributed by atoms with van der Waals surface area (Å²) < 4.78 is 26.6. The number of carbonyl (C=O) groups excluding carboxylic acids is 2. The summed E-state index contributed by atoms with van der Waals surface area (Å²) in [5.74, 6) is -2.68. The lowest BCUT2D eigenvalue weighted by molar-refractivity contribution is -0.119. The number of nitrogens with one attached hydrogen (secondary N) is 1. The minimum Gasteiger partial charge on any atom is -0.461 e. The highest BCUT2D eigenvalue weighted by Crippen LogP contribution is 2.51. The second-order valence-corrected chi connectivity index (χ2v) is 5.68. The molecule has 1 amide bonds. The molecule has 18 heavy (non-hydrogen) atoms. The van der Waals surface area contributed by atoms with Crippen LogP contribution in [0, 0.1) is 0 Å². The Morgan fingerprint density at radius 2 is 2.00 bits per heavy atom. The van der Waals surface area contributed by atoms with Crippen LogP contribution in [0.15, 0.2) is 22.8 Å². The molecule has 0 saturated heterocycles. The van der Waals surface area contributed by atoms with Gasteiger partial charge in [-0.1, -0.05) is 0 Å². The molecule has 0 radical (unpaired) electrons. The minimum atomic E-state index is -3.78. The van der Waals surface area contributed by atoms with E-state index in [-0.39, 0.29) is 5.76 Å². The summed E-state index contributed by atoms with van der Waals surface area (Å²) in [7, 11) is -1.52. The summed E-state index contributed by atoms with van der Waals surface area (Å²) in [5, 5.41) is 2.25. The van der Waals surface area contributed by atoms with E-state index in [9.17, 15) is 14.2 Å². The van der Waals surface area contributed by atoms with E-state index in [0.29, 0.717) is 0 Å². The van der Waals surface area contributed by atoms with Crippen molar-refractivity contribution in [1.29, 1.82) is 0 Å². The summed E-state index contributed by atoms with van der Waals surface area (Å²) in [4.78, 5) is 23.1. The zero-order valence-electron chi connectivity index (χ0n) is 10.2. The van der Waals surface area contributed by atoms with Gasteiger partial charge >= 0.3 is 7.60 Å². The SMILES string of the molecule is COP(=O)(OC)[C@@H](NC(C)=O)C(=O)c1ccco1. The van der Waals surface area contributed by atoms with Crippen molar-refractivity contribution in [1.82, 2.24) is 5.32 Å². The summed E-state index contributed by atoms with van der Waals surface area (Å²) in [6, 6.07) is 2.90. The van der Waals surface area contributed by atoms with Gasteiger partial charge in [0.05, 0.1) is 6.26 Å². The minimum absolute atomic E-state index is 0.0388. The molecule has 0 aliphatic rings. The molecule has 0 aliphatic heterocycles. The number of hydrogen-bond donors (Lipinski definition) is 1. The Labute approximate surface area is 104 Å². The van der Waals surface area contributed by atoms with Crippen molar-refractivity contribution in [2.24, 2.45) is 0 Å². The molecule has 0 saturated carbocycles. The molecular weight excluding hydrogens is 261 g/mol. The second kappa shape index (κ2) is 5.95. The van der Waals surface area contributed by atoms with E-state index in [1.54, 1.807) is 0 Å². The number of Topliss-reactive ketones (excluding diaryl/α,β-unsaturated/α-hetero) is 1. The van der Waals surface area contributed by atoms with Gasteiger partial charge in [0.1, 0.15) is 0 Å². The van der Waals surface area contributed by atoms with Gasteiger partial charge in [0, 0.05) is 21.1 Å². The van der Waals surface area contributed by atoms with Crippen molar-refractivity contribution >= 4 is 19.3 Å². The van der Waals surface area contributed by atoms with Crippen molar-refractivity contribution in [3.63, 3.8) is 0 Å². The van der Waals surface area contributed by atoms with Crippen LogP contribution >= 0.6 is 7.60 Å². The molecule has 1 aromatic rings. The van der Waals surface area contributed by atoms with Crippen molar-refractivity contribution in [2.45, 2.75) is 12.7 Å². The Bertz CT molecular complexity index is 461. The van der Waals surface area contributed by atoms with Crippen LogP contribution in [-0.2, 0) is 18.4 Å². The molecule has 0 aliphatic carbocycles. The van der Waals surface area contributed by atoms with Crippen LogP contribution in [0.25, 0.3) is 0 Å². The van der Waals surface area contributed by atoms with E-state index in [2.05, 4.69) is 5.32 Å². The highest BCUT2D eigenvalue weighted by molar-refractivity contribution is 7.55. The van der Waals surface area contributed by atoms with E-state index in [0.717, 1.165) is 14.2 Å². The van der Waals surface area contributed by atoms with Crippen molar-refractivity contribution in [3.8, 4) is 0 Å². The second-order valence-electron chi connectivity index (χ2n) is 3.35. The molecule has 1 N–H and O–H groups in total. The van der Waals surface area contributed by atoms with E-state index in [1.165, 1.54) is 25.3 Å². The average Bonchev–Trinajstić information content (AvgIpc) is 2.87. The van der Waals surface area contributed by atoms with Gasteiger partial charge in [0.2, 0.25) is 11.7 Å². The van der Waals surface area contributed by atoms with Crippen LogP contribution < -0.4 is 5.32 Å². The standard InChI is InChI=1S/C10H14NO6P/c1-7(12)11-10(18(14,15-2)16-3)9(13)8-5-4-6-17-8/h4-6,10H,1-3H3,(H,11,12)/t10-/m1/s1. The van der Waals surface area contributed by atoms with E-state index < -0.39 is 25.1 Å². The molecule has 0 unspecified atom stereocenters. The third kappa shape index (κ3) is 3.07. The molecule has 0 spiro atoms. The summed E-state index contributed by atoms with van der Waals surface area (Å²) >= 11 is 0. The van der Waals surface area contributed by atoms with E-state index in [1.807, 2.05) is 0 Å². The largest absolute Gasteiger partial charge is 0.461 e. The molecule has 1 aromatic heterocycles. The van der Waals surface area contributed by atoms with Gasteiger partial charge < -0.3 is 18.8 Å². The summed E-state index contributed by atoms with van der Waals surface area (Å²) in [6.45, 7) is 1.19. The number of carbonyl (C=O) groups is 2. The molecule has 8 heteroatoms. The van der Waals surface area contributed by atoms with Crippen LogP contribution in [0.3, 0.4) is 0 Å². The van der Waals surface area contributed by atoms with Crippen LogP contribution in [0.5, 0.6) is 0 Å². The van der Waals surface area contributed by atoms with Crippen LogP contribution in [0.2, 0.25) is 0 Å². The van der Waals surface area contributed by atoms with Gasteiger partial charge in [-0.25, -0.2) is 0 Å². The lowest BCUT2D eigenvalue weighted by Crippen LogP contribution is -2.40. The number of ketones is 1. The first-order chi connectivity index (χ1) is 8.44. The molecular formula is C10H14NO6P. The monoisotopic (exact) mass is 275 g/mol. The average molecular weight is 275 g/mol. The van der Waals surface area contributed by atoms with Gasteiger partial charge in [0.25, 0.3) is 0 Å². The predicted molar refractivity (Wildman–Crippen MR) is 62.3 cm³/mol. The number of rotatable bonds is 6. The zero-order chi connectivity index (χ0) is 13.8. The van der Waals surface area contributed by atoms with Crippen molar-refractivity contribution in [2.75, 3.05) is 14.2 Å². The highest BCUT2D eigenvalue weighted by atomic mass is 31.2. The molecule has 0 aromatic carbocycles. The molecule has 1 atom stereocenters. The van der Waals surface area contributed by atoms with E-state index >= 15 is 0 Å². The predicted octanol–water partition coefficient (Wildman–Crippen LogP) is 1.41. The first-order valence-electron chi connectivity index (χ1n) is 5.00. The Morgan fingerprint density at radius 1 is 1.39 bits per heavy atom. The molecule has 0 bridgehead atoms. The number of furan rings is 1. The maximum Gasteiger partial charge on any atom is 0.360 e. The van der Waals surface area contributed by atoms with Gasteiger partial charge in [-0.3, -0.25) is 14.2 Å². The van der Waals surface area contributed by atoms with Gasteiger partial charge in [-0.05, 0) is 12.1 Å². The Hall–Kier alpha value is -1.43. The normalized spacial score (nSPS) is 13.1. The zero-order valence-corrected chi connectivity index (χ0v) is 11.1. The van der Waals surface area contributed by atoms with Crippen molar-refractivity contribution in [3.05, 3.63) is 24.2 Å². The third-order valence-electron chi connectivity index (χ3n) is 2.18.